The summed E-state index contributed by atoms with van der Waals surface area (Å²) >= 11 is 0. The first-order valence-electron chi connectivity index (χ1n) is 4.56. The largest absolute Gasteiger partial charge is 0.469 e. The van der Waals surface area contributed by atoms with E-state index in [2.05, 4.69) is 11.3 Å². The molecule has 1 aliphatic carbocycles. The van der Waals surface area contributed by atoms with Crippen molar-refractivity contribution in [1.82, 2.24) is 0 Å². The molecule has 1 fully saturated rings. The Morgan fingerprint density at radius 1 is 1.77 bits per heavy atom. The van der Waals surface area contributed by atoms with Crippen LogP contribution in [0.5, 0.6) is 0 Å². The molecule has 0 spiro atoms. The van der Waals surface area contributed by atoms with E-state index >= 15 is 0 Å². The molecule has 0 bridgehead atoms. The van der Waals surface area contributed by atoms with Gasteiger partial charge in [0.1, 0.15) is 0 Å². The van der Waals surface area contributed by atoms with Crippen molar-refractivity contribution in [1.29, 1.82) is 0 Å². The Bertz CT molecular complexity index is 200. The average Bonchev–Trinajstić information content (AvgIpc) is 2.11. The highest BCUT2D eigenvalue weighted by Crippen LogP contribution is 2.39. The van der Waals surface area contributed by atoms with Crippen LogP contribution in [-0.2, 0) is 9.53 Å². The van der Waals surface area contributed by atoms with Gasteiger partial charge in [0, 0.05) is 6.42 Å². The van der Waals surface area contributed by atoms with Crippen LogP contribution in [0.4, 0.5) is 0 Å². The van der Waals surface area contributed by atoms with Gasteiger partial charge in [0.25, 0.3) is 0 Å². The van der Waals surface area contributed by atoms with Gasteiger partial charge in [-0.15, -0.1) is 6.58 Å². The lowest BCUT2D eigenvalue weighted by Gasteiger charge is -2.38. The highest BCUT2D eigenvalue weighted by atomic mass is 16.5. The Morgan fingerprint density at radius 2 is 2.46 bits per heavy atom. The lowest BCUT2D eigenvalue weighted by atomic mass is 9.69. The standard InChI is InChI=1S/C10H16O3/c1-3-9(11)8-5-4-7(8)6-10(12)13-2/h3,7-9,11H,1,4-6H2,2H3/t7-,8-,9+/m1/s1. The van der Waals surface area contributed by atoms with Crippen LogP contribution < -0.4 is 0 Å². The van der Waals surface area contributed by atoms with Crippen LogP contribution in [0, 0.1) is 11.8 Å². The monoisotopic (exact) mass is 184 g/mol. The van der Waals surface area contributed by atoms with Crippen molar-refractivity contribution >= 4 is 5.97 Å². The number of hydrogen-bond acceptors (Lipinski definition) is 3. The maximum atomic E-state index is 10.9. The normalized spacial score (nSPS) is 28.8. The van der Waals surface area contributed by atoms with Crippen molar-refractivity contribution in [2.45, 2.75) is 25.4 Å². The highest BCUT2D eigenvalue weighted by molar-refractivity contribution is 5.69. The smallest absolute Gasteiger partial charge is 0.305 e. The number of hydrogen-bond donors (Lipinski definition) is 1. The van der Waals surface area contributed by atoms with Gasteiger partial charge in [0.15, 0.2) is 0 Å². The van der Waals surface area contributed by atoms with Crippen LogP contribution in [0.25, 0.3) is 0 Å². The lowest BCUT2D eigenvalue weighted by molar-refractivity contribution is -0.143. The fourth-order valence-electron chi connectivity index (χ4n) is 1.77. The van der Waals surface area contributed by atoms with Crippen LogP contribution in [-0.4, -0.2) is 24.3 Å². The Kier molecular flexibility index (Phi) is 3.48. The third-order valence-electron chi connectivity index (χ3n) is 2.81. The number of esters is 1. The summed E-state index contributed by atoms with van der Waals surface area (Å²) in [6.07, 6.45) is 3.48. The molecule has 1 saturated carbocycles. The number of carbonyl (C=O) groups is 1. The first kappa shape index (κ1) is 10.3. The Balaban J connectivity index is 2.36. The summed E-state index contributed by atoms with van der Waals surface area (Å²) in [4.78, 5) is 10.9. The topological polar surface area (TPSA) is 46.5 Å². The molecule has 0 saturated heterocycles. The molecule has 0 radical (unpaired) electrons. The Morgan fingerprint density at radius 3 is 2.85 bits per heavy atom. The molecule has 1 rings (SSSR count). The van der Waals surface area contributed by atoms with Gasteiger partial charge < -0.3 is 9.84 Å². The molecule has 0 aliphatic heterocycles. The lowest BCUT2D eigenvalue weighted by Crippen LogP contribution is -2.36. The number of methoxy groups -OCH3 is 1. The molecule has 74 valence electrons. The molecular formula is C10H16O3. The van der Waals surface area contributed by atoms with Gasteiger partial charge in [0.2, 0.25) is 0 Å². The molecule has 0 unspecified atom stereocenters. The zero-order valence-electron chi connectivity index (χ0n) is 7.90. The maximum absolute atomic E-state index is 10.9. The van der Waals surface area contributed by atoms with Crippen LogP contribution in [0.15, 0.2) is 12.7 Å². The number of ether oxygens (including phenoxy) is 1. The quantitative estimate of drug-likeness (QED) is 0.526. The van der Waals surface area contributed by atoms with E-state index in [9.17, 15) is 9.90 Å². The molecule has 0 aromatic rings. The second-order valence-electron chi connectivity index (χ2n) is 3.51. The number of rotatable bonds is 4. The maximum Gasteiger partial charge on any atom is 0.305 e. The molecule has 13 heavy (non-hydrogen) atoms. The van der Waals surface area contributed by atoms with Crippen molar-refractivity contribution in [3.8, 4) is 0 Å². The van der Waals surface area contributed by atoms with Gasteiger partial charge in [-0.3, -0.25) is 4.79 Å². The summed E-state index contributed by atoms with van der Waals surface area (Å²) in [5.74, 6) is 0.294. The molecule has 0 aromatic carbocycles. The van der Waals surface area contributed by atoms with Crippen LogP contribution in [0.2, 0.25) is 0 Å². The molecule has 3 nitrogen and oxygen atoms in total. The van der Waals surface area contributed by atoms with Crippen molar-refractivity contribution in [2.24, 2.45) is 11.8 Å². The van der Waals surface area contributed by atoms with E-state index in [0.29, 0.717) is 6.42 Å². The summed E-state index contributed by atoms with van der Waals surface area (Å²) in [6, 6.07) is 0. The van der Waals surface area contributed by atoms with E-state index in [-0.39, 0.29) is 17.8 Å². The van der Waals surface area contributed by atoms with Crippen molar-refractivity contribution < 1.29 is 14.6 Å². The minimum absolute atomic E-state index is 0.189. The molecule has 1 aliphatic rings. The van der Waals surface area contributed by atoms with E-state index in [1.165, 1.54) is 13.2 Å². The van der Waals surface area contributed by atoms with Crippen LogP contribution in [0.1, 0.15) is 19.3 Å². The molecule has 1 N–H and O–H groups in total. The first-order valence-corrected chi connectivity index (χ1v) is 4.56. The Hall–Kier alpha value is -0.830. The van der Waals surface area contributed by atoms with E-state index in [1.54, 1.807) is 0 Å². The van der Waals surface area contributed by atoms with Gasteiger partial charge in [-0.2, -0.15) is 0 Å². The third-order valence-corrected chi connectivity index (χ3v) is 2.81. The fraction of sp³-hybridized carbons (Fsp3) is 0.700. The highest BCUT2D eigenvalue weighted by Gasteiger charge is 2.36. The van der Waals surface area contributed by atoms with Crippen molar-refractivity contribution in [3.05, 3.63) is 12.7 Å². The van der Waals surface area contributed by atoms with Gasteiger partial charge in [0.05, 0.1) is 13.2 Å². The van der Waals surface area contributed by atoms with E-state index in [4.69, 9.17) is 0 Å². The zero-order valence-corrected chi connectivity index (χ0v) is 7.90. The predicted molar refractivity (Wildman–Crippen MR) is 49.1 cm³/mol. The van der Waals surface area contributed by atoms with Crippen molar-refractivity contribution in [3.63, 3.8) is 0 Å². The number of carbonyl (C=O) groups excluding carboxylic acids is 1. The SMILES string of the molecule is C=C[C@H](O)[C@@H]1CC[C@@H]1CC(=O)OC. The Labute approximate surface area is 78.4 Å². The van der Waals surface area contributed by atoms with Gasteiger partial charge in [-0.1, -0.05) is 6.08 Å². The second kappa shape index (κ2) is 4.42. The van der Waals surface area contributed by atoms with Crippen molar-refractivity contribution in [2.75, 3.05) is 7.11 Å². The molecule has 3 heteroatoms. The first-order chi connectivity index (χ1) is 6.19. The molecule has 0 amide bonds. The number of aliphatic hydroxyl groups is 1. The zero-order chi connectivity index (χ0) is 9.84. The summed E-state index contributed by atoms with van der Waals surface area (Å²) in [7, 11) is 1.39. The second-order valence-corrected chi connectivity index (χ2v) is 3.51. The fourth-order valence-corrected chi connectivity index (χ4v) is 1.77. The van der Waals surface area contributed by atoms with Gasteiger partial charge in [-0.05, 0) is 24.7 Å². The summed E-state index contributed by atoms with van der Waals surface area (Å²) in [5, 5.41) is 9.46. The van der Waals surface area contributed by atoms with E-state index in [0.717, 1.165) is 12.8 Å². The minimum atomic E-state index is -0.469. The van der Waals surface area contributed by atoms with E-state index in [1.807, 2.05) is 0 Å². The van der Waals surface area contributed by atoms with Crippen LogP contribution in [0.3, 0.4) is 0 Å². The summed E-state index contributed by atoms with van der Waals surface area (Å²) in [6.45, 7) is 3.53. The summed E-state index contributed by atoms with van der Waals surface area (Å²) < 4.78 is 4.57. The average molecular weight is 184 g/mol. The summed E-state index contributed by atoms with van der Waals surface area (Å²) in [5.41, 5.74) is 0. The van der Waals surface area contributed by atoms with Crippen LogP contribution >= 0.6 is 0 Å². The van der Waals surface area contributed by atoms with E-state index < -0.39 is 6.10 Å². The molecule has 0 aromatic heterocycles. The minimum Gasteiger partial charge on any atom is -0.469 e. The molecule has 3 atom stereocenters. The van der Waals surface area contributed by atoms with Gasteiger partial charge in [-0.25, -0.2) is 0 Å². The molecular weight excluding hydrogens is 168 g/mol. The predicted octanol–water partition coefficient (Wildman–Crippen LogP) is 1.12. The van der Waals surface area contributed by atoms with Gasteiger partial charge >= 0.3 is 5.97 Å². The molecule has 0 heterocycles. The number of aliphatic hydroxyl groups excluding tert-OH is 1. The third kappa shape index (κ3) is 2.31.